The van der Waals surface area contributed by atoms with Gasteiger partial charge >= 0.3 is 0 Å². The lowest BCUT2D eigenvalue weighted by atomic mass is 9.98. The summed E-state index contributed by atoms with van der Waals surface area (Å²) in [7, 11) is 0. The maximum absolute atomic E-state index is 12.6. The van der Waals surface area contributed by atoms with Crippen LogP contribution in [-0.2, 0) is 5.54 Å². The summed E-state index contributed by atoms with van der Waals surface area (Å²) >= 11 is 1.46. The van der Waals surface area contributed by atoms with E-state index in [9.17, 15) is 4.79 Å². The van der Waals surface area contributed by atoms with Crippen molar-refractivity contribution in [1.29, 1.82) is 0 Å². The Morgan fingerprint density at radius 1 is 1.39 bits per heavy atom. The van der Waals surface area contributed by atoms with Gasteiger partial charge in [-0.2, -0.15) is 4.98 Å². The molecule has 1 saturated carbocycles. The SMILES string of the molecule is NC1(c2noc(C3CCCN3C(=O)c3cccs3)n2)CCCC1. The van der Waals surface area contributed by atoms with Crippen molar-refractivity contribution in [3.05, 3.63) is 34.1 Å². The molecule has 1 aliphatic heterocycles. The van der Waals surface area contributed by atoms with Crippen LogP contribution in [0.4, 0.5) is 0 Å². The number of nitrogens with two attached hydrogens (primary N) is 1. The van der Waals surface area contributed by atoms with Gasteiger partial charge < -0.3 is 15.2 Å². The van der Waals surface area contributed by atoms with Gasteiger partial charge in [0.1, 0.15) is 6.04 Å². The van der Waals surface area contributed by atoms with Gasteiger partial charge in [-0.25, -0.2) is 0 Å². The molecule has 23 heavy (non-hydrogen) atoms. The third-order valence-electron chi connectivity index (χ3n) is 4.91. The molecule has 0 radical (unpaired) electrons. The Balaban J connectivity index is 1.57. The molecule has 0 bridgehead atoms. The van der Waals surface area contributed by atoms with E-state index in [0.717, 1.165) is 49.9 Å². The molecule has 1 unspecified atom stereocenters. The lowest BCUT2D eigenvalue weighted by Crippen LogP contribution is -2.34. The lowest BCUT2D eigenvalue weighted by Gasteiger charge is -2.21. The third kappa shape index (κ3) is 2.57. The molecule has 2 aromatic heterocycles. The van der Waals surface area contributed by atoms with E-state index < -0.39 is 5.54 Å². The second-order valence-corrected chi connectivity index (χ2v) is 7.40. The molecule has 2 N–H and O–H groups in total. The number of hydrogen-bond donors (Lipinski definition) is 1. The molecular formula is C16H20N4O2S. The highest BCUT2D eigenvalue weighted by molar-refractivity contribution is 7.12. The van der Waals surface area contributed by atoms with Gasteiger partial charge in [-0.3, -0.25) is 4.79 Å². The van der Waals surface area contributed by atoms with Gasteiger partial charge in [-0.05, 0) is 37.1 Å². The zero-order valence-corrected chi connectivity index (χ0v) is 13.7. The van der Waals surface area contributed by atoms with Crippen LogP contribution in [0.5, 0.6) is 0 Å². The summed E-state index contributed by atoms with van der Waals surface area (Å²) in [6.45, 7) is 0.729. The predicted molar refractivity (Wildman–Crippen MR) is 86.0 cm³/mol. The number of likely N-dealkylation sites (tertiary alicyclic amines) is 1. The van der Waals surface area contributed by atoms with E-state index in [1.807, 2.05) is 22.4 Å². The van der Waals surface area contributed by atoms with Gasteiger partial charge in [-0.15, -0.1) is 11.3 Å². The molecule has 3 heterocycles. The molecule has 1 saturated heterocycles. The average molecular weight is 332 g/mol. The minimum absolute atomic E-state index is 0.0468. The molecule has 0 spiro atoms. The Kier molecular flexibility index (Phi) is 3.69. The first-order valence-corrected chi connectivity index (χ1v) is 9.03. The van der Waals surface area contributed by atoms with Gasteiger partial charge in [-0.1, -0.05) is 24.1 Å². The Morgan fingerprint density at radius 2 is 2.22 bits per heavy atom. The quantitative estimate of drug-likeness (QED) is 0.934. The van der Waals surface area contributed by atoms with Crippen molar-refractivity contribution in [2.75, 3.05) is 6.54 Å². The van der Waals surface area contributed by atoms with Gasteiger partial charge in [0.25, 0.3) is 5.91 Å². The van der Waals surface area contributed by atoms with E-state index in [4.69, 9.17) is 10.3 Å². The van der Waals surface area contributed by atoms with Gasteiger partial charge in [0.05, 0.1) is 10.4 Å². The first-order chi connectivity index (χ1) is 11.2. The van der Waals surface area contributed by atoms with Crippen molar-refractivity contribution in [3.8, 4) is 0 Å². The van der Waals surface area contributed by atoms with Crippen molar-refractivity contribution < 1.29 is 9.32 Å². The van der Waals surface area contributed by atoms with Crippen molar-refractivity contribution >= 4 is 17.2 Å². The molecule has 4 rings (SSSR count). The number of carbonyl (C=O) groups is 1. The molecule has 2 aliphatic rings. The average Bonchev–Trinajstić information content (AvgIpc) is 3.30. The minimum atomic E-state index is -0.455. The normalized spacial score (nSPS) is 23.5. The number of nitrogens with zero attached hydrogens (tertiary/aromatic N) is 3. The zero-order chi connectivity index (χ0) is 15.9. The first-order valence-electron chi connectivity index (χ1n) is 8.15. The van der Waals surface area contributed by atoms with Crippen LogP contribution in [0.2, 0.25) is 0 Å². The molecular weight excluding hydrogens is 312 g/mol. The summed E-state index contributed by atoms with van der Waals surface area (Å²) in [6, 6.07) is 3.62. The second kappa shape index (κ2) is 5.72. The largest absolute Gasteiger partial charge is 0.337 e. The fraction of sp³-hybridized carbons (Fsp3) is 0.562. The Labute approximate surface area is 138 Å². The maximum Gasteiger partial charge on any atom is 0.264 e. The highest BCUT2D eigenvalue weighted by atomic mass is 32.1. The molecule has 2 aromatic rings. The number of hydrogen-bond acceptors (Lipinski definition) is 6. The third-order valence-corrected chi connectivity index (χ3v) is 5.77. The van der Waals surface area contributed by atoms with Crippen molar-refractivity contribution in [2.24, 2.45) is 5.73 Å². The van der Waals surface area contributed by atoms with Crippen LogP contribution in [0.25, 0.3) is 0 Å². The van der Waals surface area contributed by atoms with Gasteiger partial charge in [0.2, 0.25) is 5.89 Å². The van der Waals surface area contributed by atoms with E-state index in [-0.39, 0.29) is 11.9 Å². The van der Waals surface area contributed by atoms with E-state index in [0.29, 0.717) is 11.7 Å². The summed E-state index contributed by atoms with van der Waals surface area (Å²) in [5.41, 5.74) is 5.94. The molecule has 2 fully saturated rings. The summed E-state index contributed by atoms with van der Waals surface area (Å²) in [5, 5.41) is 6.04. The van der Waals surface area contributed by atoms with E-state index >= 15 is 0 Å². The number of amides is 1. The fourth-order valence-corrected chi connectivity index (χ4v) is 4.29. The maximum atomic E-state index is 12.6. The van der Waals surface area contributed by atoms with Crippen LogP contribution in [0.3, 0.4) is 0 Å². The van der Waals surface area contributed by atoms with E-state index in [2.05, 4.69) is 10.1 Å². The highest BCUT2D eigenvalue weighted by Gasteiger charge is 2.39. The van der Waals surface area contributed by atoms with Crippen molar-refractivity contribution in [2.45, 2.75) is 50.1 Å². The number of thiophene rings is 1. The molecule has 1 amide bonds. The highest BCUT2D eigenvalue weighted by Crippen LogP contribution is 2.37. The first kappa shape index (κ1) is 14.8. The monoisotopic (exact) mass is 332 g/mol. The second-order valence-electron chi connectivity index (χ2n) is 6.45. The number of aromatic nitrogens is 2. The van der Waals surface area contributed by atoms with Crippen LogP contribution >= 0.6 is 11.3 Å². The molecule has 7 heteroatoms. The van der Waals surface area contributed by atoms with Crippen molar-refractivity contribution in [3.63, 3.8) is 0 Å². The van der Waals surface area contributed by atoms with Gasteiger partial charge in [0, 0.05) is 6.54 Å². The van der Waals surface area contributed by atoms with E-state index in [1.165, 1.54) is 11.3 Å². The van der Waals surface area contributed by atoms with Crippen LogP contribution in [0, 0.1) is 0 Å². The van der Waals surface area contributed by atoms with Crippen LogP contribution in [0.15, 0.2) is 22.0 Å². The summed E-state index contributed by atoms with van der Waals surface area (Å²) < 4.78 is 5.49. The Bertz CT molecular complexity index is 691. The fourth-order valence-electron chi connectivity index (χ4n) is 3.61. The molecule has 6 nitrogen and oxygen atoms in total. The molecule has 122 valence electrons. The van der Waals surface area contributed by atoms with Crippen LogP contribution in [0.1, 0.15) is 66.0 Å². The van der Waals surface area contributed by atoms with E-state index in [1.54, 1.807) is 0 Å². The van der Waals surface area contributed by atoms with Crippen LogP contribution in [-0.4, -0.2) is 27.5 Å². The molecule has 0 aromatic carbocycles. The van der Waals surface area contributed by atoms with Crippen LogP contribution < -0.4 is 5.73 Å². The summed E-state index contributed by atoms with van der Waals surface area (Å²) in [4.78, 5) is 19.8. The minimum Gasteiger partial charge on any atom is -0.337 e. The summed E-state index contributed by atoms with van der Waals surface area (Å²) in [5.74, 6) is 1.17. The smallest absolute Gasteiger partial charge is 0.264 e. The number of carbonyl (C=O) groups excluding carboxylic acids is 1. The zero-order valence-electron chi connectivity index (χ0n) is 12.9. The lowest BCUT2D eigenvalue weighted by molar-refractivity contribution is 0.0715. The molecule has 1 atom stereocenters. The molecule has 1 aliphatic carbocycles. The predicted octanol–water partition coefficient (Wildman–Crippen LogP) is 2.84. The number of rotatable bonds is 3. The van der Waals surface area contributed by atoms with Crippen molar-refractivity contribution in [1.82, 2.24) is 15.0 Å². The Morgan fingerprint density at radius 3 is 2.96 bits per heavy atom. The van der Waals surface area contributed by atoms with Gasteiger partial charge in [0.15, 0.2) is 5.82 Å². The summed E-state index contributed by atoms with van der Waals surface area (Å²) in [6.07, 6.45) is 5.81. The standard InChI is InChI=1S/C16H20N4O2S/c17-16(7-1-2-8-16)15-18-13(22-19-15)11-5-3-9-20(11)14(21)12-6-4-10-23-12/h4,6,10-11H,1-3,5,7-9,17H2. The Hall–Kier alpha value is -1.73. The topological polar surface area (TPSA) is 85.2 Å².